The summed E-state index contributed by atoms with van der Waals surface area (Å²) in [5, 5.41) is 9.68. The lowest BCUT2D eigenvalue weighted by Crippen LogP contribution is -2.32. The molecule has 26 heavy (non-hydrogen) atoms. The van der Waals surface area contributed by atoms with Crippen molar-refractivity contribution in [3.63, 3.8) is 0 Å². The number of nitrogens with zero attached hydrogens (tertiary/aromatic N) is 2. The van der Waals surface area contributed by atoms with Gasteiger partial charge in [0.15, 0.2) is 0 Å². The second kappa shape index (κ2) is 8.05. The zero-order valence-corrected chi connectivity index (χ0v) is 17.2. The number of carbonyl (C=O) groups is 1. The van der Waals surface area contributed by atoms with Gasteiger partial charge in [-0.25, -0.2) is 0 Å². The fourth-order valence-corrected chi connectivity index (χ4v) is 4.08. The predicted octanol–water partition coefficient (Wildman–Crippen LogP) is 4.35. The van der Waals surface area contributed by atoms with Gasteiger partial charge in [0.05, 0.1) is 18.4 Å². The Bertz CT molecular complexity index is 906. The summed E-state index contributed by atoms with van der Waals surface area (Å²) >= 11 is 5.09. The Morgan fingerprint density at radius 1 is 1.35 bits per heavy atom. The lowest BCUT2D eigenvalue weighted by Gasteiger charge is -2.19. The van der Waals surface area contributed by atoms with Crippen LogP contribution in [0.15, 0.2) is 46.3 Å². The largest absolute Gasteiger partial charge is 0.497 e. The van der Waals surface area contributed by atoms with Crippen molar-refractivity contribution in [2.45, 2.75) is 19.9 Å². The minimum Gasteiger partial charge on any atom is -0.497 e. The Hall–Kier alpha value is -2.12. The molecular weight excluding hydrogens is 414 g/mol. The molecular formula is C19H20BrN3O2S. The summed E-state index contributed by atoms with van der Waals surface area (Å²) in [6.07, 6.45) is 0. The molecule has 3 rings (SSSR count). The number of amides is 1. The number of aromatic nitrogens is 2. The van der Waals surface area contributed by atoms with Gasteiger partial charge in [0.25, 0.3) is 5.91 Å². The zero-order valence-electron chi connectivity index (χ0n) is 14.8. The summed E-state index contributed by atoms with van der Waals surface area (Å²) in [7, 11) is 1.58. The third-order valence-electron chi connectivity index (χ3n) is 4.09. The molecule has 0 spiro atoms. The Morgan fingerprint density at radius 3 is 2.77 bits per heavy atom. The maximum Gasteiger partial charge on any atom is 0.252 e. The molecule has 3 aromatic rings. The number of ether oxygens (including phenoxy) is 1. The Labute approximate surface area is 165 Å². The van der Waals surface area contributed by atoms with E-state index >= 15 is 0 Å². The van der Waals surface area contributed by atoms with Crippen molar-refractivity contribution in [3.05, 3.63) is 68.1 Å². The van der Waals surface area contributed by atoms with Gasteiger partial charge in [-0.15, -0.1) is 11.3 Å². The molecule has 1 N–H and O–H groups in total. The predicted molar refractivity (Wildman–Crippen MR) is 107 cm³/mol. The molecule has 1 aromatic carbocycles. The summed E-state index contributed by atoms with van der Waals surface area (Å²) < 4.78 is 7.92. The highest BCUT2D eigenvalue weighted by atomic mass is 79.9. The van der Waals surface area contributed by atoms with Crippen molar-refractivity contribution in [3.8, 4) is 5.75 Å². The average Bonchev–Trinajstić information content (AvgIpc) is 3.26. The number of thiophene rings is 1. The van der Waals surface area contributed by atoms with E-state index in [1.807, 2.05) is 48.2 Å². The van der Waals surface area contributed by atoms with Crippen LogP contribution in [-0.4, -0.2) is 29.3 Å². The Balaban J connectivity index is 1.82. The number of benzene rings is 1. The maximum absolute atomic E-state index is 12.7. The quantitative estimate of drug-likeness (QED) is 0.628. The monoisotopic (exact) mass is 433 g/mol. The third kappa shape index (κ3) is 3.99. The SMILES string of the molecule is COc1ccc(Br)c(C(=O)NCC(c2cccs2)n2nc(C)cc2C)c1. The van der Waals surface area contributed by atoms with Crippen LogP contribution in [0.5, 0.6) is 5.75 Å². The average molecular weight is 434 g/mol. The molecule has 2 heterocycles. The number of methoxy groups -OCH3 is 1. The van der Waals surface area contributed by atoms with E-state index in [2.05, 4.69) is 32.4 Å². The number of nitrogens with one attached hydrogen (secondary N) is 1. The fourth-order valence-electron chi connectivity index (χ4n) is 2.84. The van der Waals surface area contributed by atoms with Gasteiger partial charge >= 0.3 is 0 Å². The summed E-state index contributed by atoms with van der Waals surface area (Å²) in [5.41, 5.74) is 2.58. The van der Waals surface area contributed by atoms with Gasteiger partial charge in [-0.1, -0.05) is 6.07 Å². The molecule has 7 heteroatoms. The van der Waals surface area contributed by atoms with E-state index in [0.717, 1.165) is 20.7 Å². The maximum atomic E-state index is 12.7. The molecule has 0 fully saturated rings. The lowest BCUT2D eigenvalue weighted by molar-refractivity contribution is 0.0948. The molecule has 1 atom stereocenters. The topological polar surface area (TPSA) is 56.1 Å². The number of carbonyl (C=O) groups excluding carboxylic acids is 1. The summed E-state index contributed by atoms with van der Waals surface area (Å²) in [6.45, 7) is 4.45. The van der Waals surface area contributed by atoms with Crippen LogP contribution in [0.25, 0.3) is 0 Å². The Kier molecular flexibility index (Phi) is 5.78. The molecule has 2 aromatic heterocycles. The highest BCUT2D eigenvalue weighted by Gasteiger charge is 2.20. The summed E-state index contributed by atoms with van der Waals surface area (Å²) in [4.78, 5) is 13.9. The van der Waals surface area contributed by atoms with Crippen LogP contribution in [-0.2, 0) is 0 Å². The lowest BCUT2D eigenvalue weighted by atomic mass is 10.2. The normalized spacial score (nSPS) is 12.0. The van der Waals surface area contributed by atoms with E-state index in [4.69, 9.17) is 4.74 Å². The first-order chi connectivity index (χ1) is 12.5. The van der Waals surface area contributed by atoms with Gasteiger partial charge in [0, 0.05) is 21.6 Å². The van der Waals surface area contributed by atoms with Crippen molar-refractivity contribution in [1.82, 2.24) is 15.1 Å². The number of halogens is 1. The van der Waals surface area contributed by atoms with Gasteiger partial charge in [-0.05, 0) is 65.5 Å². The first-order valence-corrected chi connectivity index (χ1v) is 9.84. The molecule has 5 nitrogen and oxygen atoms in total. The molecule has 1 unspecified atom stereocenters. The van der Waals surface area contributed by atoms with Crippen molar-refractivity contribution in [2.75, 3.05) is 13.7 Å². The van der Waals surface area contributed by atoms with E-state index < -0.39 is 0 Å². The summed E-state index contributed by atoms with van der Waals surface area (Å²) in [6, 6.07) is 11.4. The van der Waals surface area contributed by atoms with Crippen molar-refractivity contribution in [2.24, 2.45) is 0 Å². The molecule has 0 radical (unpaired) electrons. The standard InChI is InChI=1S/C19H20BrN3O2S/c1-12-9-13(2)23(22-12)17(18-5-4-8-26-18)11-21-19(24)15-10-14(25-3)6-7-16(15)20/h4-10,17H,11H2,1-3H3,(H,21,24). The summed E-state index contributed by atoms with van der Waals surface area (Å²) in [5.74, 6) is 0.491. The van der Waals surface area contributed by atoms with E-state index in [9.17, 15) is 4.79 Å². The van der Waals surface area contributed by atoms with Crippen LogP contribution in [0.3, 0.4) is 0 Å². The van der Waals surface area contributed by atoms with Crippen molar-refractivity contribution in [1.29, 1.82) is 0 Å². The van der Waals surface area contributed by atoms with Crippen molar-refractivity contribution >= 4 is 33.2 Å². The number of rotatable bonds is 6. The van der Waals surface area contributed by atoms with Crippen molar-refractivity contribution < 1.29 is 9.53 Å². The Morgan fingerprint density at radius 2 is 2.15 bits per heavy atom. The minimum absolute atomic E-state index is 0.0444. The van der Waals surface area contributed by atoms with Crippen LogP contribution in [0.4, 0.5) is 0 Å². The molecule has 0 saturated heterocycles. The molecule has 136 valence electrons. The highest BCUT2D eigenvalue weighted by Crippen LogP contribution is 2.25. The van der Waals surface area contributed by atoms with E-state index in [1.165, 1.54) is 0 Å². The van der Waals surface area contributed by atoms with Crippen LogP contribution in [0.1, 0.15) is 32.7 Å². The fraction of sp³-hybridized carbons (Fsp3) is 0.263. The highest BCUT2D eigenvalue weighted by molar-refractivity contribution is 9.10. The molecule has 0 aliphatic carbocycles. The molecule has 0 aliphatic rings. The minimum atomic E-state index is -0.154. The first-order valence-electron chi connectivity index (χ1n) is 8.17. The molecule has 1 amide bonds. The number of aryl methyl sites for hydroxylation is 2. The smallest absolute Gasteiger partial charge is 0.252 e. The number of hydrogen-bond donors (Lipinski definition) is 1. The second-order valence-corrected chi connectivity index (χ2v) is 7.79. The molecule has 0 saturated carbocycles. The van der Waals surface area contributed by atoms with Gasteiger partial charge < -0.3 is 10.1 Å². The van der Waals surface area contributed by atoms with Crippen LogP contribution in [0.2, 0.25) is 0 Å². The van der Waals surface area contributed by atoms with E-state index in [1.54, 1.807) is 24.5 Å². The van der Waals surface area contributed by atoms with Gasteiger partial charge in [0.1, 0.15) is 11.8 Å². The number of hydrogen-bond acceptors (Lipinski definition) is 4. The third-order valence-corrected chi connectivity index (χ3v) is 5.75. The zero-order chi connectivity index (χ0) is 18.7. The molecule has 0 aliphatic heterocycles. The van der Waals surface area contributed by atoms with Gasteiger partial charge in [-0.3, -0.25) is 9.48 Å². The molecule has 0 bridgehead atoms. The van der Waals surface area contributed by atoms with E-state index in [-0.39, 0.29) is 11.9 Å². The first kappa shape index (κ1) is 18.7. The van der Waals surface area contributed by atoms with Crippen LogP contribution >= 0.6 is 27.3 Å². The van der Waals surface area contributed by atoms with Gasteiger partial charge in [-0.2, -0.15) is 5.10 Å². The van der Waals surface area contributed by atoms with Crippen LogP contribution < -0.4 is 10.1 Å². The van der Waals surface area contributed by atoms with Gasteiger partial charge in [0.2, 0.25) is 0 Å². The van der Waals surface area contributed by atoms with Crippen LogP contribution in [0, 0.1) is 13.8 Å². The second-order valence-electron chi connectivity index (χ2n) is 5.96. The van der Waals surface area contributed by atoms with E-state index in [0.29, 0.717) is 17.9 Å².